The molecule has 2 aromatic rings. The molecule has 0 saturated carbocycles. The number of aromatic nitrogens is 1. The van der Waals surface area contributed by atoms with E-state index in [1.54, 1.807) is 7.11 Å². The lowest BCUT2D eigenvalue weighted by atomic mass is 9.90. The Kier molecular flexibility index (Phi) is 3.59. The van der Waals surface area contributed by atoms with E-state index in [-0.39, 0.29) is 0 Å². The van der Waals surface area contributed by atoms with Gasteiger partial charge in [0.2, 0.25) is 0 Å². The summed E-state index contributed by atoms with van der Waals surface area (Å²) in [7, 11) is 1.68. The minimum Gasteiger partial charge on any atom is -0.497 e. The quantitative estimate of drug-likeness (QED) is 0.857. The van der Waals surface area contributed by atoms with Gasteiger partial charge in [-0.25, -0.2) is 0 Å². The Morgan fingerprint density at radius 3 is 3.05 bits per heavy atom. The number of aryl methyl sites for hydroxylation is 1. The lowest BCUT2D eigenvalue weighted by molar-refractivity contribution is 0.220. The van der Waals surface area contributed by atoms with Gasteiger partial charge in [0.1, 0.15) is 11.5 Å². The largest absolute Gasteiger partial charge is 0.497 e. The normalized spacial score (nSPS) is 17.2. The van der Waals surface area contributed by atoms with E-state index in [1.165, 1.54) is 16.7 Å². The zero-order valence-electron chi connectivity index (χ0n) is 11.9. The van der Waals surface area contributed by atoms with E-state index in [1.807, 2.05) is 24.5 Å². The van der Waals surface area contributed by atoms with Crippen LogP contribution in [-0.2, 0) is 12.8 Å². The summed E-state index contributed by atoms with van der Waals surface area (Å²) in [5, 5.41) is 0. The minimum atomic E-state index is 0.513. The summed E-state index contributed by atoms with van der Waals surface area (Å²) in [6, 6.07) is 8.15. The number of hydrogen-bond donors (Lipinski definition) is 0. The summed E-state index contributed by atoms with van der Waals surface area (Å²) in [4.78, 5) is 4.22. The van der Waals surface area contributed by atoms with Crippen LogP contribution >= 0.6 is 0 Å². The Labute approximate surface area is 119 Å². The van der Waals surface area contributed by atoms with Crippen molar-refractivity contribution in [1.29, 1.82) is 0 Å². The van der Waals surface area contributed by atoms with Crippen LogP contribution in [0.3, 0.4) is 0 Å². The molecule has 1 aromatic carbocycles. The van der Waals surface area contributed by atoms with E-state index in [2.05, 4.69) is 24.0 Å². The number of nitrogens with zero attached hydrogens (tertiary/aromatic N) is 1. The van der Waals surface area contributed by atoms with E-state index < -0.39 is 0 Å². The van der Waals surface area contributed by atoms with Gasteiger partial charge < -0.3 is 9.47 Å². The molecule has 3 nitrogen and oxygen atoms in total. The summed E-state index contributed by atoms with van der Waals surface area (Å²) < 4.78 is 11.1. The number of benzene rings is 1. The van der Waals surface area contributed by atoms with Crippen molar-refractivity contribution < 1.29 is 9.47 Å². The van der Waals surface area contributed by atoms with Crippen molar-refractivity contribution in [2.75, 3.05) is 13.7 Å². The maximum absolute atomic E-state index is 5.89. The summed E-state index contributed by atoms with van der Waals surface area (Å²) in [6.45, 7) is 2.90. The molecule has 0 bridgehead atoms. The topological polar surface area (TPSA) is 31.4 Å². The highest BCUT2D eigenvalue weighted by Gasteiger charge is 2.21. The van der Waals surface area contributed by atoms with Crippen LogP contribution < -0.4 is 9.47 Å². The second-order valence-electron chi connectivity index (χ2n) is 5.36. The van der Waals surface area contributed by atoms with Crippen molar-refractivity contribution in [2.45, 2.75) is 19.8 Å². The number of hydrogen-bond acceptors (Lipinski definition) is 3. The van der Waals surface area contributed by atoms with Crippen LogP contribution in [0, 0.1) is 12.8 Å². The molecule has 3 heteroatoms. The molecule has 20 heavy (non-hydrogen) atoms. The monoisotopic (exact) mass is 269 g/mol. The first-order chi connectivity index (χ1) is 9.76. The second-order valence-corrected chi connectivity index (χ2v) is 5.36. The molecule has 1 aliphatic heterocycles. The van der Waals surface area contributed by atoms with Crippen LogP contribution in [0.25, 0.3) is 0 Å². The van der Waals surface area contributed by atoms with E-state index in [0.29, 0.717) is 5.92 Å². The van der Waals surface area contributed by atoms with Gasteiger partial charge in [-0.05, 0) is 48.6 Å². The Hall–Kier alpha value is -2.03. The smallest absolute Gasteiger partial charge is 0.126 e. The molecule has 0 saturated heterocycles. The first-order valence-corrected chi connectivity index (χ1v) is 6.95. The minimum absolute atomic E-state index is 0.513. The number of rotatable bonds is 3. The van der Waals surface area contributed by atoms with E-state index >= 15 is 0 Å². The summed E-state index contributed by atoms with van der Waals surface area (Å²) >= 11 is 0. The molecular formula is C17H19NO2. The molecule has 2 heterocycles. The number of pyridine rings is 1. The fourth-order valence-electron chi connectivity index (χ4n) is 2.69. The van der Waals surface area contributed by atoms with Crippen LogP contribution in [0.4, 0.5) is 0 Å². The van der Waals surface area contributed by atoms with Crippen molar-refractivity contribution in [1.82, 2.24) is 4.98 Å². The van der Waals surface area contributed by atoms with Gasteiger partial charge in [0.25, 0.3) is 0 Å². The Bertz CT molecular complexity index is 610. The fraction of sp³-hybridized carbons (Fsp3) is 0.353. The molecule has 1 aromatic heterocycles. The van der Waals surface area contributed by atoms with Crippen molar-refractivity contribution in [2.24, 2.45) is 5.92 Å². The fourth-order valence-corrected chi connectivity index (χ4v) is 2.69. The lowest BCUT2D eigenvalue weighted by Gasteiger charge is -2.26. The van der Waals surface area contributed by atoms with Gasteiger partial charge in [0.05, 0.1) is 13.7 Å². The van der Waals surface area contributed by atoms with Crippen molar-refractivity contribution >= 4 is 0 Å². The zero-order chi connectivity index (χ0) is 13.9. The summed E-state index contributed by atoms with van der Waals surface area (Å²) in [5.41, 5.74) is 3.89. The van der Waals surface area contributed by atoms with Crippen LogP contribution in [0.15, 0.2) is 36.7 Å². The Morgan fingerprint density at radius 2 is 2.25 bits per heavy atom. The molecule has 0 amide bonds. The lowest BCUT2D eigenvalue weighted by Crippen LogP contribution is -2.23. The predicted octanol–water partition coefficient (Wildman–Crippen LogP) is 3.19. The van der Waals surface area contributed by atoms with E-state index in [9.17, 15) is 0 Å². The highest BCUT2D eigenvalue weighted by atomic mass is 16.5. The number of fused-ring (bicyclic) bond motifs is 1. The SMILES string of the molecule is COc1ccc2c(c1)OC[C@@H](Cc1cnccc1C)C2. The third-order valence-corrected chi connectivity index (χ3v) is 3.91. The second kappa shape index (κ2) is 5.53. The van der Waals surface area contributed by atoms with Gasteiger partial charge in [0, 0.05) is 24.4 Å². The van der Waals surface area contributed by atoms with Crippen molar-refractivity contribution in [3.63, 3.8) is 0 Å². The van der Waals surface area contributed by atoms with Gasteiger partial charge >= 0.3 is 0 Å². The highest BCUT2D eigenvalue weighted by Crippen LogP contribution is 2.32. The van der Waals surface area contributed by atoms with Gasteiger partial charge in [-0.1, -0.05) is 6.07 Å². The summed E-state index contributed by atoms with van der Waals surface area (Å²) in [5.74, 6) is 2.33. The molecule has 104 valence electrons. The third-order valence-electron chi connectivity index (χ3n) is 3.91. The highest BCUT2D eigenvalue weighted by molar-refractivity contribution is 5.42. The standard InChI is InChI=1S/C17H19NO2/c1-12-5-6-18-10-15(12)8-13-7-14-3-4-16(19-2)9-17(14)20-11-13/h3-6,9-10,13H,7-8,11H2,1-2H3/t13-/m1/s1. The summed E-state index contributed by atoms with van der Waals surface area (Å²) in [6.07, 6.45) is 5.88. The molecule has 1 aliphatic rings. The molecule has 0 N–H and O–H groups in total. The Balaban J connectivity index is 1.74. The average molecular weight is 269 g/mol. The Morgan fingerprint density at radius 1 is 1.35 bits per heavy atom. The molecule has 1 atom stereocenters. The maximum atomic E-state index is 5.89. The van der Waals surface area contributed by atoms with Gasteiger partial charge in [-0.3, -0.25) is 4.98 Å². The molecular weight excluding hydrogens is 250 g/mol. The molecule has 3 rings (SSSR count). The zero-order valence-corrected chi connectivity index (χ0v) is 11.9. The van der Waals surface area contributed by atoms with Gasteiger partial charge in [0.15, 0.2) is 0 Å². The first-order valence-electron chi connectivity index (χ1n) is 6.95. The van der Waals surface area contributed by atoms with Crippen molar-refractivity contribution in [3.8, 4) is 11.5 Å². The predicted molar refractivity (Wildman–Crippen MR) is 78.4 cm³/mol. The molecule has 0 radical (unpaired) electrons. The molecule has 0 unspecified atom stereocenters. The van der Waals surface area contributed by atoms with E-state index in [4.69, 9.17) is 9.47 Å². The van der Waals surface area contributed by atoms with Gasteiger partial charge in [-0.15, -0.1) is 0 Å². The number of ether oxygens (including phenoxy) is 2. The van der Waals surface area contributed by atoms with Gasteiger partial charge in [-0.2, -0.15) is 0 Å². The van der Waals surface area contributed by atoms with Crippen LogP contribution in [0.1, 0.15) is 16.7 Å². The first kappa shape index (κ1) is 13.0. The van der Waals surface area contributed by atoms with Crippen LogP contribution in [0.5, 0.6) is 11.5 Å². The molecule has 0 spiro atoms. The molecule has 0 fully saturated rings. The van der Waals surface area contributed by atoms with Crippen LogP contribution in [-0.4, -0.2) is 18.7 Å². The molecule has 0 aliphatic carbocycles. The van der Waals surface area contributed by atoms with Crippen molar-refractivity contribution in [3.05, 3.63) is 53.3 Å². The number of methoxy groups -OCH3 is 1. The maximum Gasteiger partial charge on any atom is 0.126 e. The third kappa shape index (κ3) is 2.62. The van der Waals surface area contributed by atoms with E-state index in [0.717, 1.165) is 30.9 Å². The average Bonchev–Trinajstić information content (AvgIpc) is 2.49. The van der Waals surface area contributed by atoms with Crippen LogP contribution in [0.2, 0.25) is 0 Å².